The standard InChI is InChI=1S/C65H43N4O.Pt/c1-40-35-60(66-38-54(40)41-17-3-2-4-18-41)69-55-29-12-11-21-45(55)46-34-33-44(37-59(46)69)70-43-20-15-19-42(36-43)67-39-68(57-31-14-13-30-56(57)67)58-32-16-28-53-63-51-26-9-10-27-52(51)65(64(53)58)62-49-24-7-5-22-47(49)61(63)48-23-6-8-25-50(48)62;/h2-35,38-39,61-63,65H,1H3;/q-3;/i2D,3D,4D,17D,18D;. The first kappa shape index (κ1) is 36.9. The molecule has 0 saturated heterocycles. The number of benzene rings is 9. The van der Waals surface area contributed by atoms with Gasteiger partial charge in [0.15, 0.2) is 0 Å². The second-order valence-corrected chi connectivity index (χ2v) is 18.7. The smallest absolute Gasteiger partial charge is 0.135 e. The Bertz CT molecular complexity index is 4170. The van der Waals surface area contributed by atoms with Crippen LogP contribution in [0.1, 0.15) is 80.6 Å². The van der Waals surface area contributed by atoms with E-state index in [2.05, 4.69) is 156 Å². The van der Waals surface area contributed by atoms with E-state index >= 15 is 0 Å². The molecule has 0 saturated carbocycles. The summed E-state index contributed by atoms with van der Waals surface area (Å²) in [5.41, 5.74) is 18.4. The number of nitrogens with zero attached hydrogens (tertiary/aromatic N) is 4. The van der Waals surface area contributed by atoms with Gasteiger partial charge >= 0.3 is 0 Å². The van der Waals surface area contributed by atoms with Gasteiger partial charge in [0, 0.05) is 90.6 Å². The fourth-order valence-corrected chi connectivity index (χ4v) is 12.4. The fourth-order valence-electron chi connectivity index (χ4n) is 12.4. The number of pyridine rings is 1. The van der Waals surface area contributed by atoms with Gasteiger partial charge in [-0.15, -0.1) is 48.1 Å². The van der Waals surface area contributed by atoms with Gasteiger partial charge in [0.2, 0.25) is 0 Å². The first-order valence-corrected chi connectivity index (χ1v) is 23.8. The number of aromatic nitrogens is 2. The molecule has 0 fully saturated rings. The summed E-state index contributed by atoms with van der Waals surface area (Å²) in [6.07, 6.45) is 1.59. The summed E-state index contributed by atoms with van der Waals surface area (Å²) in [6, 6.07) is 68.5. The van der Waals surface area contributed by atoms with Gasteiger partial charge in [-0.1, -0.05) is 151 Å². The number of aryl methyl sites for hydroxylation is 1. The largest absolute Gasteiger partial charge is 0.509 e. The number of anilines is 4. The van der Waals surface area contributed by atoms with Crippen molar-refractivity contribution in [3.05, 3.63) is 281 Å². The maximum atomic E-state index is 8.63. The molecular weight excluding hydrogens is 1050 g/mol. The summed E-state index contributed by atoms with van der Waals surface area (Å²) >= 11 is 0. The van der Waals surface area contributed by atoms with E-state index in [0.717, 1.165) is 38.9 Å². The average Bonchev–Trinajstić information content (AvgIpc) is 3.99. The fraction of sp³-hybridized carbons (Fsp3) is 0.0769. The van der Waals surface area contributed by atoms with Crippen LogP contribution in [0.2, 0.25) is 0 Å². The summed E-state index contributed by atoms with van der Waals surface area (Å²) in [5, 5.41) is 1.97. The zero-order valence-electron chi connectivity index (χ0n) is 43.2. The van der Waals surface area contributed by atoms with E-state index in [1.165, 1.54) is 50.2 Å². The Morgan fingerprint density at radius 3 is 1.80 bits per heavy atom. The summed E-state index contributed by atoms with van der Waals surface area (Å²) in [7, 11) is 0. The van der Waals surface area contributed by atoms with Crippen molar-refractivity contribution in [3.8, 4) is 28.4 Å². The van der Waals surface area contributed by atoms with Crippen molar-refractivity contribution >= 4 is 44.6 Å². The monoisotopic (exact) mass is 1100 g/mol. The van der Waals surface area contributed by atoms with E-state index in [0.29, 0.717) is 28.4 Å². The third-order valence-electron chi connectivity index (χ3n) is 15.2. The molecule has 2 atom stereocenters. The molecule has 3 heterocycles. The molecule has 18 rings (SSSR count). The van der Waals surface area contributed by atoms with Gasteiger partial charge in [0.25, 0.3) is 0 Å². The Balaban J connectivity index is 0.00000528. The molecule has 0 amide bonds. The Labute approximate surface area is 434 Å². The summed E-state index contributed by atoms with van der Waals surface area (Å²) in [6.45, 7) is 4.08. The summed E-state index contributed by atoms with van der Waals surface area (Å²) < 4.78 is 50.6. The molecule has 0 spiro atoms. The third-order valence-corrected chi connectivity index (χ3v) is 15.2. The zero-order valence-corrected chi connectivity index (χ0v) is 40.5. The minimum absolute atomic E-state index is 0. The number of hydrogen-bond acceptors (Lipinski definition) is 4. The molecule has 4 bridgehead atoms. The van der Waals surface area contributed by atoms with Crippen molar-refractivity contribution in [1.29, 1.82) is 0 Å². The predicted molar refractivity (Wildman–Crippen MR) is 281 cm³/mol. The molecule has 0 radical (unpaired) electrons. The van der Waals surface area contributed by atoms with E-state index in [1.807, 2.05) is 60.0 Å². The summed E-state index contributed by atoms with van der Waals surface area (Å²) in [5.74, 6) is 2.14. The van der Waals surface area contributed by atoms with Crippen LogP contribution in [-0.2, 0) is 21.1 Å². The maximum absolute atomic E-state index is 8.63. The summed E-state index contributed by atoms with van der Waals surface area (Å²) in [4.78, 5) is 9.46. The molecule has 9 aromatic carbocycles. The van der Waals surface area contributed by atoms with Crippen LogP contribution in [0.4, 0.5) is 22.7 Å². The molecule has 11 aromatic rings. The quantitative estimate of drug-likeness (QED) is 0.155. The van der Waals surface area contributed by atoms with Crippen molar-refractivity contribution in [2.75, 3.05) is 9.80 Å². The van der Waals surface area contributed by atoms with Crippen LogP contribution in [0.25, 0.3) is 38.8 Å². The first-order valence-electron chi connectivity index (χ1n) is 26.3. The van der Waals surface area contributed by atoms with Crippen LogP contribution < -0.4 is 14.5 Å². The molecular formula is C65H43N4OPt-3. The van der Waals surface area contributed by atoms with Gasteiger partial charge in [-0.25, -0.2) is 4.98 Å². The molecule has 0 N–H and O–H groups in total. The Morgan fingerprint density at radius 1 is 0.535 bits per heavy atom. The first-order chi connectivity index (χ1) is 36.7. The third kappa shape index (κ3) is 6.25. The van der Waals surface area contributed by atoms with Crippen molar-refractivity contribution in [3.63, 3.8) is 0 Å². The Kier molecular flexibility index (Phi) is 8.48. The zero-order chi connectivity index (χ0) is 50.4. The van der Waals surface area contributed by atoms with Gasteiger partial charge in [-0.2, -0.15) is 12.1 Å². The van der Waals surface area contributed by atoms with Crippen LogP contribution in [0, 0.1) is 25.7 Å². The second kappa shape index (κ2) is 16.3. The predicted octanol–water partition coefficient (Wildman–Crippen LogP) is 15.8. The van der Waals surface area contributed by atoms with Crippen molar-refractivity contribution in [1.82, 2.24) is 9.55 Å². The number of rotatable bonds is 6. The molecule has 5 nitrogen and oxygen atoms in total. The Hall–Kier alpha value is -7.98. The van der Waals surface area contributed by atoms with Crippen molar-refractivity contribution < 1.29 is 32.7 Å². The number of hydrogen-bond donors (Lipinski definition) is 0. The van der Waals surface area contributed by atoms with Crippen LogP contribution in [0.5, 0.6) is 11.5 Å². The molecule has 1 aliphatic heterocycles. The minimum Gasteiger partial charge on any atom is -0.509 e. The van der Waals surface area contributed by atoms with Gasteiger partial charge in [0.05, 0.1) is 6.85 Å². The van der Waals surface area contributed by atoms with Crippen LogP contribution in [0.15, 0.2) is 212 Å². The number of fused-ring (bicyclic) bond motifs is 4. The van der Waals surface area contributed by atoms with Gasteiger partial charge in [0.1, 0.15) is 5.82 Å². The van der Waals surface area contributed by atoms with E-state index in [9.17, 15) is 0 Å². The SMILES string of the molecule is [2H]c1c([2H])c([2H])c(-c2cnc(-n3c4[c-]c(Oc5[c-]c(N6[CH-]N(c7cccc8c7C7c9ccccc9C8C8c9ccccc9C7c7ccccc78)c7ccccc76)ccc5)ccc4c4ccccc43)cc2C)c([2H])c1[2H].[Pt]. The van der Waals surface area contributed by atoms with Gasteiger partial charge in [-0.05, 0) is 98.3 Å². The van der Waals surface area contributed by atoms with Crippen LogP contribution >= 0.6 is 0 Å². The number of ether oxygens (including phenoxy) is 1. The molecule has 2 aromatic heterocycles. The average molecular weight is 1100 g/mol. The maximum Gasteiger partial charge on any atom is 0.135 e. The molecule has 6 aliphatic carbocycles. The molecule has 6 heteroatoms. The molecule has 7 aliphatic rings. The second-order valence-electron chi connectivity index (χ2n) is 18.7. The normalized spacial score (nSPS) is 18.7. The van der Waals surface area contributed by atoms with E-state index in [1.54, 1.807) is 6.20 Å². The topological polar surface area (TPSA) is 33.5 Å². The minimum atomic E-state index is -0.429. The van der Waals surface area contributed by atoms with E-state index in [4.69, 9.17) is 16.6 Å². The molecule has 71 heavy (non-hydrogen) atoms. The molecule has 342 valence electrons. The molecule has 2 unspecified atom stereocenters. The van der Waals surface area contributed by atoms with Gasteiger partial charge < -0.3 is 19.1 Å². The number of para-hydroxylation sites is 3. The van der Waals surface area contributed by atoms with Gasteiger partial charge in [-0.3, -0.25) is 0 Å². The van der Waals surface area contributed by atoms with Crippen LogP contribution in [0.3, 0.4) is 0 Å². The van der Waals surface area contributed by atoms with Crippen LogP contribution in [-0.4, -0.2) is 9.55 Å². The van der Waals surface area contributed by atoms with E-state index < -0.39 is 6.04 Å². The van der Waals surface area contributed by atoms with E-state index in [-0.39, 0.29) is 74.5 Å². The van der Waals surface area contributed by atoms with Crippen molar-refractivity contribution in [2.45, 2.75) is 30.6 Å². The Morgan fingerprint density at radius 2 is 1.10 bits per heavy atom. The van der Waals surface area contributed by atoms with Crippen molar-refractivity contribution in [2.24, 2.45) is 0 Å².